The molecule has 0 bridgehead atoms. The summed E-state index contributed by atoms with van der Waals surface area (Å²) >= 11 is 0. The molecule has 0 radical (unpaired) electrons. The van der Waals surface area contributed by atoms with Crippen molar-refractivity contribution in [2.24, 2.45) is 0 Å². The molecule has 1 aliphatic heterocycles. The number of carbonyl (C=O) groups is 1. The van der Waals surface area contributed by atoms with Crippen molar-refractivity contribution in [2.75, 3.05) is 26.2 Å². The normalized spacial score (nSPS) is 22.7. The fraction of sp³-hybridized carbons (Fsp3) is 0.562. The minimum Gasteiger partial charge on any atom is -0.298 e. The van der Waals surface area contributed by atoms with Gasteiger partial charge in [0.1, 0.15) is 5.82 Å². The molecule has 1 aromatic carbocycles. The Kier molecular flexibility index (Phi) is 3.85. The molecule has 1 aliphatic carbocycles. The lowest BCUT2D eigenvalue weighted by molar-refractivity contribution is 0.0687. The SMILES string of the molecule is CC(C(=O)c1ccc(F)cc1)N1CCN(C2CC2)CC1. The Morgan fingerprint density at radius 3 is 2.30 bits per heavy atom. The Bertz CT molecular complexity index is 476. The lowest BCUT2D eigenvalue weighted by atomic mass is 10.0. The van der Waals surface area contributed by atoms with Gasteiger partial charge in [-0.3, -0.25) is 14.6 Å². The second-order valence-corrected chi connectivity index (χ2v) is 5.85. The Morgan fingerprint density at radius 1 is 1.15 bits per heavy atom. The molecule has 2 aliphatic rings. The van der Waals surface area contributed by atoms with Gasteiger partial charge in [-0.25, -0.2) is 4.39 Å². The first-order valence-corrected chi connectivity index (χ1v) is 7.43. The topological polar surface area (TPSA) is 23.6 Å². The maximum Gasteiger partial charge on any atom is 0.179 e. The van der Waals surface area contributed by atoms with E-state index in [9.17, 15) is 9.18 Å². The molecule has 0 N–H and O–H groups in total. The van der Waals surface area contributed by atoms with E-state index in [1.54, 1.807) is 12.1 Å². The summed E-state index contributed by atoms with van der Waals surface area (Å²) in [6.45, 7) is 5.98. The quantitative estimate of drug-likeness (QED) is 0.788. The number of hydrogen-bond acceptors (Lipinski definition) is 3. The number of piperazine rings is 1. The highest BCUT2D eigenvalue weighted by atomic mass is 19.1. The van der Waals surface area contributed by atoms with E-state index in [4.69, 9.17) is 0 Å². The van der Waals surface area contributed by atoms with Gasteiger partial charge in [-0.15, -0.1) is 0 Å². The molecule has 1 heterocycles. The van der Waals surface area contributed by atoms with Crippen LogP contribution < -0.4 is 0 Å². The molecule has 3 rings (SSSR count). The lowest BCUT2D eigenvalue weighted by Crippen LogP contribution is -2.52. The number of benzene rings is 1. The van der Waals surface area contributed by atoms with Crippen molar-refractivity contribution in [3.63, 3.8) is 0 Å². The molecule has 20 heavy (non-hydrogen) atoms. The fourth-order valence-electron chi connectivity index (χ4n) is 2.95. The largest absolute Gasteiger partial charge is 0.298 e. The van der Waals surface area contributed by atoms with Crippen LogP contribution >= 0.6 is 0 Å². The van der Waals surface area contributed by atoms with Crippen LogP contribution in [0.15, 0.2) is 24.3 Å². The molecule has 1 saturated heterocycles. The summed E-state index contributed by atoms with van der Waals surface area (Å²) < 4.78 is 12.9. The van der Waals surface area contributed by atoms with Gasteiger partial charge in [0.2, 0.25) is 0 Å². The minimum atomic E-state index is -0.299. The highest BCUT2D eigenvalue weighted by molar-refractivity contribution is 5.99. The van der Waals surface area contributed by atoms with Gasteiger partial charge in [0.25, 0.3) is 0 Å². The molecule has 0 spiro atoms. The molecule has 2 fully saturated rings. The number of Topliss-reactive ketones (excluding diaryl/α,β-unsaturated/α-hetero) is 1. The van der Waals surface area contributed by atoms with Gasteiger partial charge >= 0.3 is 0 Å². The Balaban J connectivity index is 1.59. The number of halogens is 1. The maximum absolute atomic E-state index is 12.9. The van der Waals surface area contributed by atoms with Gasteiger partial charge in [-0.1, -0.05) is 0 Å². The highest BCUT2D eigenvalue weighted by Crippen LogP contribution is 2.27. The molecule has 1 aromatic rings. The predicted octanol–water partition coefficient (Wildman–Crippen LogP) is 2.18. The molecular formula is C16H21FN2O. The first-order valence-electron chi connectivity index (χ1n) is 7.43. The van der Waals surface area contributed by atoms with Crippen molar-refractivity contribution in [1.29, 1.82) is 0 Å². The molecule has 1 saturated carbocycles. The van der Waals surface area contributed by atoms with Gasteiger partial charge in [0.15, 0.2) is 5.78 Å². The second-order valence-electron chi connectivity index (χ2n) is 5.85. The Labute approximate surface area is 119 Å². The maximum atomic E-state index is 12.9. The molecule has 1 atom stereocenters. The average Bonchev–Trinajstić information content (AvgIpc) is 3.31. The molecule has 1 unspecified atom stereocenters. The molecule has 4 heteroatoms. The average molecular weight is 276 g/mol. The summed E-state index contributed by atoms with van der Waals surface area (Å²) in [4.78, 5) is 17.2. The van der Waals surface area contributed by atoms with Crippen molar-refractivity contribution in [1.82, 2.24) is 9.80 Å². The monoisotopic (exact) mass is 276 g/mol. The van der Waals surface area contributed by atoms with Gasteiger partial charge in [-0.2, -0.15) is 0 Å². The fourth-order valence-corrected chi connectivity index (χ4v) is 2.95. The number of hydrogen-bond donors (Lipinski definition) is 0. The first kappa shape index (κ1) is 13.7. The number of nitrogens with zero attached hydrogens (tertiary/aromatic N) is 2. The van der Waals surface area contributed by atoms with E-state index in [-0.39, 0.29) is 17.6 Å². The predicted molar refractivity (Wildman–Crippen MR) is 76.4 cm³/mol. The van der Waals surface area contributed by atoms with Gasteiger partial charge < -0.3 is 0 Å². The smallest absolute Gasteiger partial charge is 0.179 e. The summed E-state index contributed by atoms with van der Waals surface area (Å²) in [6.07, 6.45) is 2.67. The van der Waals surface area contributed by atoms with E-state index in [1.807, 2.05) is 6.92 Å². The number of rotatable bonds is 4. The van der Waals surface area contributed by atoms with Crippen LogP contribution in [0.5, 0.6) is 0 Å². The summed E-state index contributed by atoms with van der Waals surface area (Å²) in [5.41, 5.74) is 0.600. The zero-order valence-electron chi connectivity index (χ0n) is 11.9. The van der Waals surface area contributed by atoms with E-state index >= 15 is 0 Å². The van der Waals surface area contributed by atoms with Crippen LogP contribution in [0.1, 0.15) is 30.1 Å². The summed E-state index contributed by atoms with van der Waals surface area (Å²) in [7, 11) is 0. The standard InChI is InChI=1S/C16H21FN2O/c1-12(16(20)13-2-4-14(17)5-3-13)18-8-10-19(11-9-18)15-6-7-15/h2-5,12,15H,6-11H2,1H3. The Hall–Kier alpha value is -1.26. The van der Waals surface area contributed by atoms with E-state index in [1.165, 1.54) is 25.0 Å². The molecule has 0 amide bonds. The van der Waals surface area contributed by atoms with Crippen LogP contribution in [0, 0.1) is 5.82 Å². The van der Waals surface area contributed by atoms with Gasteiger partial charge in [-0.05, 0) is 44.0 Å². The van der Waals surface area contributed by atoms with Crippen LogP contribution in [0.2, 0.25) is 0 Å². The molecule has 108 valence electrons. The van der Waals surface area contributed by atoms with Crippen LogP contribution in [0.3, 0.4) is 0 Å². The van der Waals surface area contributed by atoms with Crippen molar-refractivity contribution in [3.05, 3.63) is 35.6 Å². The summed E-state index contributed by atoms with van der Waals surface area (Å²) in [5, 5.41) is 0. The highest BCUT2D eigenvalue weighted by Gasteiger charge is 2.33. The number of carbonyl (C=O) groups excluding carboxylic acids is 1. The van der Waals surface area contributed by atoms with Crippen molar-refractivity contribution < 1.29 is 9.18 Å². The first-order chi connectivity index (χ1) is 9.65. The summed E-state index contributed by atoms with van der Waals surface area (Å²) in [6, 6.07) is 6.54. The number of ketones is 1. The van der Waals surface area contributed by atoms with E-state index < -0.39 is 0 Å². The lowest BCUT2D eigenvalue weighted by Gasteiger charge is -2.37. The van der Waals surface area contributed by atoms with Crippen molar-refractivity contribution in [2.45, 2.75) is 31.8 Å². The van der Waals surface area contributed by atoms with Crippen LogP contribution in [0.4, 0.5) is 4.39 Å². The van der Waals surface area contributed by atoms with Crippen molar-refractivity contribution >= 4 is 5.78 Å². The van der Waals surface area contributed by atoms with E-state index in [0.717, 1.165) is 32.2 Å². The molecule has 0 aromatic heterocycles. The Morgan fingerprint density at radius 2 is 1.75 bits per heavy atom. The van der Waals surface area contributed by atoms with Gasteiger partial charge in [0.05, 0.1) is 6.04 Å². The zero-order valence-corrected chi connectivity index (χ0v) is 11.9. The van der Waals surface area contributed by atoms with E-state index in [0.29, 0.717) is 5.56 Å². The minimum absolute atomic E-state index is 0.0878. The van der Waals surface area contributed by atoms with Crippen LogP contribution in [0.25, 0.3) is 0 Å². The van der Waals surface area contributed by atoms with Gasteiger partial charge in [0, 0.05) is 37.8 Å². The second kappa shape index (κ2) is 5.62. The summed E-state index contributed by atoms with van der Waals surface area (Å²) in [5.74, 6) is -0.211. The third-order valence-electron chi connectivity index (χ3n) is 4.47. The zero-order chi connectivity index (χ0) is 14.1. The van der Waals surface area contributed by atoms with Crippen LogP contribution in [-0.4, -0.2) is 53.8 Å². The molecular weight excluding hydrogens is 255 g/mol. The third-order valence-corrected chi connectivity index (χ3v) is 4.47. The third kappa shape index (κ3) is 2.91. The van der Waals surface area contributed by atoms with Crippen LogP contribution in [-0.2, 0) is 0 Å². The van der Waals surface area contributed by atoms with Crippen molar-refractivity contribution in [3.8, 4) is 0 Å². The van der Waals surface area contributed by atoms with E-state index in [2.05, 4.69) is 9.80 Å². The molecule has 3 nitrogen and oxygen atoms in total.